The molecule has 2 rings (SSSR count). The Morgan fingerprint density at radius 3 is 2.62 bits per heavy atom. The van der Waals surface area contributed by atoms with Crippen LogP contribution < -0.4 is 0 Å². The van der Waals surface area contributed by atoms with E-state index in [4.69, 9.17) is 0 Å². The molecule has 0 N–H and O–H groups in total. The fourth-order valence-corrected chi connectivity index (χ4v) is 1.03. The predicted octanol–water partition coefficient (Wildman–Crippen LogP) is 2.55. The Morgan fingerprint density at radius 2 is 2.00 bits per heavy atom. The molecule has 0 unspecified atom stereocenters. The predicted molar refractivity (Wildman–Crippen MR) is 47.2 cm³/mol. The normalized spacial score (nSPS) is 8.31. The van der Waals surface area contributed by atoms with Gasteiger partial charge in [0.05, 0.1) is 0 Å². The molecule has 0 atom stereocenters. The Hall–Kier alpha value is -0.636. The molecule has 0 aromatic heterocycles. The molecule has 0 aliphatic heterocycles. The summed E-state index contributed by atoms with van der Waals surface area (Å²) in [6, 6.07) is 23.3. The standard InChI is InChI=1S/C12H6.Y/c1-3-7-11(8-4-1)12-9-5-2-6-10-12;/h1,3-5,7,9H;/q-2;. The van der Waals surface area contributed by atoms with Crippen LogP contribution in [0.1, 0.15) is 0 Å². The van der Waals surface area contributed by atoms with Crippen molar-refractivity contribution in [2.75, 3.05) is 0 Å². The number of hydrogen-bond donors (Lipinski definition) is 0. The van der Waals surface area contributed by atoms with E-state index in [1.807, 2.05) is 36.4 Å². The van der Waals surface area contributed by atoms with Crippen LogP contribution in [0.15, 0.2) is 36.4 Å². The van der Waals surface area contributed by atoms with Gasteiger partial charge in [-0.05, 0) is 0 Å². The summed E-state index contributed by atoms with van der Waals surface area (Å²) in [5.41, 5.74) is 2.05. The van der Waals surface area contributed by atoms with Gasteiger partial charge in [0.2, 0.25) is 0 Å². The topological polar surface area (TPSA) is 0 Å². The molecule has 2 aromatic rings. The molecule has 0 fully saturated rings. The van der Waals surface area contributed by atoms with E-state index in [9.17, 15) is 0 Å². The van der Waals surface area contributed by atoms with E-state index in [0.717, 1.165) is 11.1 Å². The Balaban J connectivity index is 0.000000845. The monoisotopic (exact) mass is 239 g/mol. The third-order valence-corrected chi connectivity index (χ3v) is 1.60. The van der Waals surface area contributed by atoms with Crippen LogP contribution in [0.5, 0.6) is 0 Å². The van der Waals surface area contributed by atoms with Crippen molar-refractivity contribution in [1.82, 2.24) is 0 Å². The molecule has 59 valence electrons. The zero-order valence-electron chi connectivity index (χ0n) is 7.04. The largest absolute Gasteiger partial charge is 0.226 e. The van der Waals surface area contributed by atoms with Crippen molar-refractivity contribution in [2.24, 2.45) is 0 Å². The van der Waals surface area contributed by atoms with Crippen molar-refractivity contribution >= 4 is 0 Å². The fraction of sp³-hybridized carbons (Fsp3) is 0. The van der Waals surface area contributed by atoms with Crippen LogP contribution in [-0.2, 0) is 32.7 Å². The molecule has 0 nitrogen and oxygen atoms in total. The molecule has 0 spiro atoms. The summed E-state index contributed by atoms with van der Waals surface area (Å²) in [6.07, 6.45) is 0. The average molecular weight is 239 g/mol. The molecule has 0 aliphatic rings. The van der Waals surface area contributed by atoms with Gasteiger partial charge in [0.1, 0.15) is 0 Å². The summed E-state index contributed by atoms with van der Waals surface area (Å²) in [5.74, 6) is 0. The van der Waals surface area contributed by atoms with Crippen molar-refractivity contribution in [3.8, 4) is 11.1 Å². The van der Waals surface area contributed by atoms with Crippen LogP contribution in [0.4, 0.5) is 0 Å². The van der Waals surface area contributed by atoms with E-state index >= 15 is 0 Å². The average Bonchev–Trinajstić information content (AvgIpc) is 2.21. The summed E-state index contributed by atoms with van der Waals surface area (Å²) >= 11 is 0. The van der Waals surface area contributed by atoms with Crippen LogP contribution in [0, 0.1) is 24.3 Å². The number of hydrogen-bond acceptors (Lipinski definition) is 0. The van der Waals surface area contributed by atoms with Crippen molar-refractivity contribution in [3.63, 3.8) is 0 Å². The zero-order valence-corrected chi connectivity index (χ0v) is 9.88. The van der Waals surface area contributed by atoms with Crippen LogP contribution in [0.2, 0.25) is 0 Å². The van der Waals surface area contributed by atoms with E-state index in [2.05, 4.69) is 24.3 Å². The van der Waals surface area contributed by atoms with Gasteiger partial charge in [0, 0.05) is 32.7 Å². The summed E-state index contributed by atoms with van der Waals surface area (Å²) in [6.45, 7) is 0. The minimum atomic E-state index is 0. The van der Waals surface area contributed by atoms with Gasteiger partial charge in [-0.15, -0.1) is 18.2 Å². The van der Waals surface area contributed by atoms with Gasteiger partial charge in [0.25, 0.3) is 0 Å². The first-order valence-corrected chi connectivity index (χ1v) is 3.74. The van der Waals surface area contributed by atoms with Gasteiger partial charge in [-0.1, -0.05) is 0 Å². The molecule has 0 saturated heterocycles. The molecule has 0 aliphatic carbocycles. The molecule has 0 saturated carbocycles. The first-order valence-electron chi connectivity index (χ1n) is 3.74. The van der Waals surface area contributed by atoms with Crippen LogP contribution >= 0.6 is 0 Å². The van der Waals surface area contributed by atoms with Crippen molar-refractivity contribution in [3.05, 3.63) is 60.7 Å². The summed E-state index contributed by atoms with van der Waals surface area (Å²) in [7, 11) is 0. The second-order valence-electron chi connectivity index (χ2n) is 2.42. The molecule has 13 heavy (non-hydrogen) atoms. The zero-order chi connectivity index (χ0) is 8.23. The fourth-order valence-electron chi connectivity index (χ4n) is 1.03. The van der Waals surface area contributed by atoms with E-state index in [1.54, 1.807) is 0 Å². The van der Waals surface area contributed by atoms with Gasteiger partial charge >= 0.3 is 0 Å². The summed E-state index contributed by atoms with van der Waals surface area (Å²) < 4.78 is 0. The Labute approximate surface area is 104 Å². The van der Waals surface area contributed by atoms with E-state index in [0.29, 0.717) is 0 Å². The third-order valence-electron chi connectivity index (χ3n) is 1.60. The molecule has 1 heteroatoms. The quantitative estimate of drug-likeness (QED) is 0.671. The van der Waals surface area contributed by atoms with Crippen molar-refractivity contribution < 1.29 is 32.7 Å². The first-order chi connectivity index (χ1) is 5.97. The molecule has 0 heterocycles. The molecule has 0 amide bonds. The SMILES string of the molecule is [Y].c1[c-]c(-c2[c-]cccc2)ccc#1. The molecule has 2 aromatic carbocycles. The van der Waals surface area contributed by atoms with Gasteiger partial charge in [-0.3, -0.25) is 0 Å². The Morgan fingerprint density at radius 1 is 1.08 bits per heavy atom. The van der Waals surface area contributed by atoms with Crippen LogP contribution in [0.25, 0.3) is 11.1 Å². The van der Waals surface area contributed by atoms with Crippen LogP contribution in [-0.4, -0.2) is 0 Å². The molecule has 0 bridgehead atoms. The van der Waals surface area contributed by atoms with Gasteiger partial charge in [-0.2, -0.15) is 42.5 Å². The van der Waals surface area contributed by atoms with Gasteiger partial charge in [0.15, 0.2) is 0 Å². The van der Waals surface area contributed by atoms with E-state index < -0.39 is 0 Å². The maximum atomic E-state index is 3.12. The smallest absolute Gasteiger partial charge is 0 e. The number of rotatable bonds is 1. The number of benzene rings is 1. The second kappa shape index (κ2) is 5.17. The maximum Gasteiger partial charge on any atom is 0 e. The second-order valence-corrected chi connectivity index (χ2v) is 2.42. The Kier molecular flexibility index (Phi) is 4.15. The molecular weight excluding hydrogens is 233 g/mol. The third kappa shape index (κ3) is 2.66. The minimum absolute atomic E-state index is 0. The van der Waals surface area contributed by atoms with Crippen molar-refractivity contribution in [1.29, 1.82) is 0 Å². The van der Waals surface area contributed by atoms with Gasteiger partial charge in [-0.25, -0.2) is 11.1 Å². The molecular formula is C12H6Y-2. The maximum absolute atomic E-state index is 3.12. The first kappa shape index (κ1) is 10.4. The minimum Gasteiger partial charge on any atom is -0.226 e. The van der Waals surface area contributed by atoms with E-state index in [-0.39, 0.29) is 32.7 Å². The van der Waals surface area contributed by atoms with Crippen molar-refractivity contribution in [2.45, 2.75) is 0 Å². The summed E-state index contributed by atoms with van der Waals surface area (Å²) in [5, 5.41) is 0. The van der Waals surface area contributed by atoms with E-state index in [1.165, 1.54) is 0 Å². The Bertz CT molecular complexity index is 303. The summed E-state index contributed by atoms with van der Waals surface area (Å²) in [4.78, 5) is 0. The van der Waals surface area contributed by atoms with Crippen LogP contribution in [0.3, 0.4) is 0 Å². The van der Waals surface area contributed by atoms with Gasteiger partial charge < -0.3 is 0 Å². The molecule has 1 radical (unpaired) electrons.